The second-order valence-corrected chi connectivity index (χ2v) is 7.33. The molecule has 0 amide bonds. The van der Waals surface area contributed by atoms with Gasteiger partial charge in [-0.3, -0.25) is 9.69 Å². The van der Waals surface area contributed by atoms with Crippen LogP contribution in [0.4, 0.5) is 0 Å². The van der Waals surface area contributed by atoms with Crippen LogP contribution in [0.3, 0.4) is 0 Å². The summed E-state index contributed by atoms with van der Waals surface area (Å²) in [4.78, 5) is 14.8. The third-order valence-corrected chi connectivity index (χ3v) is 4.92. The zero-order valence-electron chi connectivity index (χ0n) is 13.0. The van der Waals surface area contributed by atoms with Gasteiger partial charge in [0.15, 0.2) is 0 Å². The lowest BCUT2D eigenvalue weighted by Crippen LogP contribution is -2.42. The Morgan fingerprint density at radius 1 is 1.21 bits per heavy atom. The van der Waals surface area contributed by atoms with E-state index in [2.05, 4.69) is 25.7 Å². The normalized spacial score (nSPS) is 29.6. The molecule has 0 N–H and O–H groups in total. The molecule has 0 aliphatic heterocycles. The number of hydrogen-bond acceptors (Lipinski definition) is 2. The van der Waals surface area contributed by atoms with Crippen molar-refractivity contribution in [3.05, 3.63) is 0 Å². The lowest BCUT2D eigenvalue weighted by Gasteiger charge is -2.35. The summed E-state index contributed by atoms with van der Waals surface area (Å²) in [5, 5.41) is 0. The van der Waals surface area contributed by atoms with Crippen LogP contribution < -0.4 is 0 Å². The fraction of sp³-hybridized carbons (Fsp3) is 0.941. The molecule has 0 aromatic rings. The van der Waals surface area contributed by atoms with Crippen LogP contribution in [-0.4, -0.2) is 29.8 Å². The molecule has 2 heteroatoms. The Morgan fingerprint density at radius 3 is 2.53 bits per heavy atom. The summed E-state index contributed by atoms with van der Waals surface area (Å²) in [6, 6.07) is 0.757. The summed E-state index contributed by atoms with van der Waals surface area (Å²) >= 11 is 0. The molecule has 0 heterocycles. The van der Waals surface area contributed by atoms with Crippen molar-refractivity contribution in [2.45, 2.75) is 71.8 Å². The zero-order chi connectivity index (χ0) is 13.8. The average molecular weight is 265 g/mol. The largest absolute Gasteiger partial charge is 0.299 e. The number of hydrogen-bond donors (Lipinski definition) is 0. The molecule has 110 valence electrons. The van der Waals surface area contributed by atoms with Crippen molar-refractivity contribution in [3.63, 3.8) is 0 Å². The van der Waals surface area contributed by atoms with E-state index in [0.29, 0.717) is 17.6 Å². The predicted octanol–water partition coefficient (Wildman–Crippen LogP) is 3.89. The van der Waals surface area contributed by atoms with E-state index in [0.717, 1.165) is 37.8 Å². The molecule has 2 atom stereocenters. The van der Waals surface area contributed by atoms with Crippen molar-refractivity contribution in [1.29, 1.82) is 0 Å². The van der Waals surface area contributed by atoms with Gasteiger partial charge in [0.2, 0.25) is 0 Å². The van der Waals surface area contributed by atoms with Crippen LogP contribution in [0.1, 0.15) is 65.7 Å². The number of carbonyl (C=O) groups excluding carboxylic acids is 1. The first-order valence-electron chi connectivity index (χ1n) is 8.33. The minimum Gasteiger partial charge on any atom is -0.299 e. The minimum absolute atomic E-state index is 0.322. The quantitative estimate of drug-likeness (QED) is 0.751. The second kappa shape index (κ2) is 6.88. The van der Waals surface area contributed by atoms with E-state index in [1.807, 2.05) is 0 Å². The van der Waals surface area contributed by atoms with Crippen molar-refractivity contribution >= 4 is 5.78 Å². The second-order valence-electron chi connectivity index (χ2n) is 7.33. The van der Waals surface area contributed by atoms with Gasteiger partial charge in [-0.1, -0.05) is 33.6 Å². The molecule has 2 unspecified atom stereocenters. The maximum absolute atomic E-state index is 12.1. The smallest absolute Gasteiger partial charge is 0.137 e. The molecule has 2 fully saturated rings. The molecule has 0 aromatic carbocycles. The van der Waals surface area contributed by atoms with E-state index in [-0.39, 0.29) is 0 Å². The maximum Gasteiger partial charge on any atom is 0.137 e. The highest BCUT2D eigenvalue weighted by molar-refractivity contribution is 5.81. The molecular weight excluding hydrogens is 234 g/mol. The number of Topliss-reactive ketones (excluding diaryl/α,β-unsaturated/α-hetero) is 1. The number of nitrogens with zero attached hydrogens (tertiary/aromatic N) is 1. The van der Waals surface area contributed by atoms with Crippen LogP contribution >= 0.6 is 0 Å². The molecule has 0 spiro atoms. The number of carbonyl (C=O) groups is 1. The van der Waals surface area contributed by atoms with Gasteiger partial charge in [0.05, 0.1) is 0 Å². The van der Waals surface area contributed by atoms with Crippen molar-refractivity contribution in [2.75, 3.05) is 13.1 Å². The van der Waals surface area contributed by atoms with Gasteiger partial charge in [0.1, 0.15) is 5.78 Å². The van der Waals surface area contributed by atoms with E-state index >= 15 is 0 Å². The molecule has 2 aliphatic carbocycles. The van der Waals surface area contributed by atoms with Crippen LogP contribution in [0.25, 0.3) is 0 Å². The lowest BCUT2D eigenvalue weighted by molar-refractivity contribution is -0.126. The Balaban J connectivity index is 1.95. The molecule has 2 saturated carbocycles. The number of ketones is 1. The van der Waals surface area contributed by atoms with E-state index in [1.54, 1.807) is 0 Å². The van der Waals surface area contributed by atoms with E-state index in [1.165, 1.54) is 32.2 Å². The number of rotatable bonds is 5. The van der Waals surface area contributed by atoms with Gasteiger partial charge in [-0.25, -0.2) is 0 Å². The zero-order valence-corrected chi connectivity index (χ0v) is 13.0. The summed E-state index contributed by atoms with van der Waals surface area (Å²) in [5.41, 5.74) is 0. The monoisotopic (exact) mass is 265 g/mol. The standard InChI is InChI=1S/C17H31NO/c1-13(2)11-18(16-6-4-5-7-16)12-15-10-14(3)8-9-17(15)19/h13-16H,4-12H2,1-3H3. The van der Waals surface area contributed by atoms with Crippen LogP contribution in [-0.2, 0) is 4.79 Å². The molecule has 2 nitrogen and oxygen atoms in total. The first-order chi connectivity index (χ1) is 9.06. The Kier molecular flexibility index (Phi) is 5.44. The third-order valence-electron chi connectivity index (χ3n) is 4.92. The highest BCUT2D eigenvalue weighted by atomic mass is 16.1. The highest BCUT2D eigenvalue weighted by Crippen LogP contribution is 2.30. The van der Waals surface area contributed by atoms with Crippen LogP contribution in [0.5, 0.6) is 0 Å². The van der Waals surface area contributed by atoms with Crippen molar-refractivity contribution in [1.82, 2.24) is 4.90 Å². The van der Waals surface area contributed by atoms with Crippen LogP contribution in [0, 0.1) is 17.8 Å². The van der Waals surface area contributed by atoms with E-state index < -0.39 is 0 Å². The first-order valence-corrected chi connectivity index (χ1v) is 8.33. The molecule has 0 radical (unpaired) electrons. The fourth-order valence-electron chi connectivity index (χ4n) is 3.90. The summed E-state index contributed by atoms with van der Waals surface area (Å²) in [6.45, 7) is 9.11. The highest BCUT2D eigenvalue weighted by Gasteiger charge is 2.31. The van der Waals surface area contributed by atoms with Crippen LogP contribution in [0.15, 0.2) is 0 Å². The Hall–Kier alpha value is -0.370. The van der Waals surface area contributed by atoms with Gasteiger partial charge < -0.3 is 0 Å². The summed E-state index contributed by atoms with van der Waals surface area (Å²) < 4.78 is 0. The van der Waals surface area contributed by atoms with Crippen LogP contribution in [0.2, 0.25) is 0 Å². The van der Waals surface area contributed by atoms with Gasteiger partial charge in [-0.05, 0) is 37.5 Å². The van der Waals surface area contributed by atoms with Gasteiger partial charge in [-0.2, -0.15) is 0 Å². The molecule has 0 saturated heterocycles. The van der Waals surface area contributed by atoms with Crippen molar-refractivity contribution in [2.24, 2.45) is 17.8 Å². The minimum atomic E-state index is 0.322. The fourth-order valence-corrected chi connectivity index (χ4v) is 3.90. The third kappa shape index (κ3) is 4.30. The molecular formula is C17H31NO. The van der Waals surface area contributed by atoms with Gasteiger partial charge in [0.25, 0.3) is 0 Å². The lowest BCUT2D eigenvalue weighted by atomic mass is 9.81. The Labute approximate surface area is 118 Å². The summed E-state index contributed by atoms with van der Waals surface area (Å²) in [6.07, 6.45) is 8.53. The molecule has 0 bridgehead atoms. The molecule has 19 heavy (non-hydrogen) atoms. The van der Waals surface area contributed by atoms with Gasteiger partial charge >= 0.3 is 0 Å². The molecule has 0 aromatic heterocycles. The Bertz CT molecular complexity index is 294. The van der Waals surface area contributed by atoms with E-state index in [9.17, 15) is 4.79 Å². The molecule has 2 rings (SSSR count). The summed E-state index contributed by atoms with van der Waals surface area (Å²) in [7, 11) is 0. The predicted molar refractivity (Wildman–Crippen MR) is 80.2 cm³/mol. The maximum atomic E-state index is 12.1. The SMILES string of the molecule is CC(C)CN(CC1CC(C)CCC1=O)C1CCCC1. The van der Waals surface area contributed by atoms with Crippen molar-refractivity contribution < 1.29 is 4.79 Å². The Morgan fingerprint density at radius 2 is 1.89 bits per heavy atom. The van der Waals surface area contributed by atoms with Crippen molar-refractivity contribution in [3.8, 4) is 0 Å². The topological polar surface area (TPSA) is 20.3 Å². The summed E-state index contributed by atoms with van der Waals surface area (Å²) in [5.74, 6) is 2.30. The first kappa shape index (κ1) is 15.0. The average Bonchev–Trinajstić information content (AvgIpc) is 2.86. The molecule has 2 aliphatic rings. The van der Waals surface area contributed by atoms with E-state index in [4.69, 9.17) is 0 Å². The van der Waals surface area contributed by atoms with Gasteiger partial charge in [-0.15, -0.1) is 0 Å². The van der Waals surface area contributed by atoms with Gasteiger partial charge in [0, 0.05) is 31.5 Å².